The van der Waals surface area contributed by atoms with Crippen LogP contribution in [0.15, 0.2) is 42.7 Å². The molecule has 0 unspecified atom stereocenters. The summed E-state index contributed by atoms with van der Waals surface area (Å²) in [6.07, 6.45) is 4.34. The third-order valence-corrected chi connectivity index (χ3v) is 6.46. The van der Waals surface area contributed by atoms with Crippen LogP contribution in [-0.2, 0) is 12.1 Å². The molecule has 34 heavy (non-hydrogen) atoms. The Labute approximate surface area is 198 Å². The number of anilines is 1. The Morgan fingerprint density at radius 1 is 1.26 bits per heavy atom. The zero-order valence-corrected chi connectivity index (χ0v) is 18.9. The fourth-order valence-electron chi connectivity index (χ4n) is 4.20. The standard InChI is InChI=1S/C22H20F2N6O3S/c1-25-34-29-20-19(24)13(5-9-26-20)12-30-21(31)33-16-11-17(32-18-4-2-8-27-28-18)15(23)10-14(16)22(30)6-3-7-22/h2,4-5,8-11,25H,3,6-7,12H2,1H3,(H,26,29). The van der Waals surface area contributed by atoms with Crippen molar-refractivity contribution < 1.29 is 23.0 Å². The van der Waals surface area contributed by atoms with Crippen molar-refractivity contribution in [2.75, 3.05) is 11.8 Å². The summed E-state index contributed by atoms with van der Waals surface area (Å²) in [5.74, 6) is -0.965. The van der Waals surface area contributed by atoms with Gasteiger partial charge in [0.25, 0.3) is 0 Å². The number of benzene rings is 1. The maximum Gasteiger partial charge on any atom is 0.416 e. The van der Waals surface area contributed by atoms with E-state index in [1.807, 2.05) is 0 Å². The third-order valence-electron chi connectivity index (χ3n) is 5.96. The van der Waals surface area contributed by atoms with Crippen LogP contribution in [0.25, 0.3) is 0 Å². The lowest BCUT2D eigenvalue weighted by molar-refractivity contribution is 0.000797. The highest BCUT2D eigenvalue weighted by molar-refractivity contribution is 7.98. The molecule has 176 valence electrons. The smallest absolute Gasteiger partial charge is 0.416 e. The van der Waals surface area contributed by atoms with Gasteiger partial charge in [-0.15, -0.1) is 5.10 Å². The molecule has 0 bridgehead atoms. The number of hydrogen-bond acceptors (Lipinski definition) is 9. The lowest BCUT2D eigenvalue weighted by Gasteiger charge is -2.52. The van der Waals surface area contributed by atoms with E-state index in [1.54, 1.807) is 13.1 Å². The average Bonchev–Trinajstić information content (AvgIpc) is 2.80. The predicted octanol–water partition coefficient (Wildman–Crippen LogP) is 4.53. The molecule has 12 heteroatoms. The Hall–Kier alpha value is -3.51. The van der Waals surface area contributed by atoms with Gasteiger partial charge in [0, 0.05) is 47.8 Å². The highest BCUT2D eigenvalue weighted by atomic mass is 32.2. The van der Waals surface area contributed by atoms with E-state index in [-0.39, 0.29) is 35.3 Å². The van der Waals surface area contributed by atoms with Gasteiger partial charge in [0.15, 0.2) is 23.2 Å². The third kappa shape index (κ3) is 3.88. The lowest BCUT2D eigenvalue weighted by atomic mass is 9.69. The molecule has 1 aromatic carbocycles. The number of rotatable bonds is 7. The minimum absolute atomic E-state index is 0.0436. The number of amides is 1. The molecule has 0 atom stereocenters. The summed E-state index contributed by atoms with van der Waals surface area (Å²) in [5.41, 5.74) is 0.00411. The van der Waals surface area contributed by atoms with Gasteiger partial charge in [-0.1, -0.05) is 0 Å². The number of aromatic nitrogens is 3. The molecule has 9 nitrogen and oxygen atoms in total. The summed E-state index contributed by atoms with van der Waals surface area (Å²) in [7, 11) is 1.68. The van der Waals surface area contributed by atoms with Gasteiger partial charge in [-0.2, -0.15) is 5.10 Å². The Balaban J connectivity index is 1.47. The Bertz CT molecular complexity index is 1230. The normalized spacial score (nSPS) is 16.0. The van der Waals surface area contributed by atoms with E-state index in [0.29, 0.717) is 18.4 Å². The monoisotopic (exact) mass is 486 g/mol. The summed E-state index contributed by atoms with van der Waals surface area (Å²) in [4.78, 5) is 18.5. The molecule has 1 spiro atoms. The van der Waals surface area contributed by atoms with Crippen molar-refractivity contribution in [2.45, 2.75) is 31.3 Å². The van der Waals surface area contributed by atoms with Crippen LogP contribution in [0.5, 0.6) is 17.4 Å². The van der Waals surface area contributed by atoms with Crippen molar-refractivity contribution in [1.29, 1.82) is 0 Å². The summed E-state index contributed by atoms with van der Waals surface area (Å²) < 4.78 is 46.7. The Kier molecular flexibility index (Phi) is 5.92. The van der Waals surface area contributed by atoms with Crippen molar-refractivity contribution >= 4 is 24.0 Å². The van der Waals surface area contributed by atoms with Gasteiger partial charge in [0.05, 0.1) is 12.1 Å². The van der Waals surface area contributed by atoms with Crippen LogP contribution in [0.3, 0.4) is 0 Å². The molecule has 2 aliphatic rings. The van der Waals surface area contributed by atoms with Crippen LogP contribution in [0.2, 0.25) is 0 Å². The SMILES string of the molecule is CNSNc1nccc(CN2C(=O)Oc3cc(Oc4cccnn4)c(F)cc3C23CCC3)c1F. The zero-order chi connectivity index (χ0) is 23.7. The second-order valence-corrected chi connectivity index (χ2v) is 8.64. The minimum atomic E-state index is -0.792. The molecule has 2 aromatic heterocycles. The summed E-state index contributed by atoms with van der Waals surface area (Å²) >= 11 is 1.07. The number of hydrogen-bond donors (Lipinski definition) is 2. The molecule has 5 rings (SSSR count). The molecule has 1 aliphatic heterocycles. The fourth-order valence-corrected chi connectivity index (χ4v) is 4.54. The van der Waals surface area contributed by atoms with Gasteiger partial charge in [-0.3, -0.25) is 9.62 Å². The Morgan fingerprint density at radius 2 is 2.12 bits per heavy atom. The summed E-state index contributed by atoms with van der Waals surface area (Å²) in [6, 6.07) is 7.32. The van der Waals surface area contributed by atoms with Crippen LogP contribution >= 0.6 is 12.1 Å². The number of carbonyl (C=O) groups is 1. The van der Waals surface area contributed by atoms with Crippen molar-refractivity contribution in [2.24, 2.45) is 0 Å². The number of nitrogens with one attached hydrogen (secondary N) is 2. The van der Waals surface area contributed by atoms with E-state index < -0.39 is 23.3 Å². The van der Waals surface area contributed by atoms with Crippen molar-refractivity contribution in [3.05, 3.63) is 65.5 Å². The topological polar surface area (TPSA) is 102 Å². The van der Waals surface area contributed by atoms with Crippen LogP contribution in [-0.4, -0.2) is 33.2 Å². The van der Waals surface area contributed by atoms with Crippen LogP contribution in [0.4, 0.5) is 19.4 Å². The molecule has 0 radical (unpaired) electrons. The van der Waals surface area contributed by atoms with Crippen molar-refractivity contribution in [3.63, 3.8) is 0 Å². The van der Waals surface area contributed by atoms with Crippen LogP contribution in [0.1, 0.15) is 30.4 Å². The number of ether oxygens (including phenoxy) is 2. The molecule has 1 fully saturated rings. The van der Waals surface area contributed by atoms with E-state index in [4.69, 9.17) is 9.47 Å². The first kappa shape index (κ1) is 22.3. The number of carbonyl (C=O) groups excluding carboxylic acids is 1. The van der Waals surface area contributed by atoms with Gasteiger partial charge in [-0.05, 0) is 44.5 Å². The highest BCUT2D eigenvalue weighted by Gasteiger charge is 2.52. The molecule has 2 N–H and O–H groups in total. The highest BCUT2D eigenvalue weighted by Crippen LogP contribution is 2.54. The molecule has 0 saturated heterocycles. The van der Waals surface area contributed by atoms with Crippen LogP contribution in [0, 0.1) is 11.6 Å². The van der Waals surface area contributed by atoms with Gasteiger partial charge >= 0.3 is 6.09 Å². The molecular formula is C22H20F2N6O3S. The first-order valence-corrected chi connectivity index (χ1v) is 11.3. The van der Waals surface area contributed by atoms with E-state index >= 15 is 8.78 Å². The lowest BCUT2D eigenvalue weighted by Crippen LogP contribution is -2.57. The molecule has 1 saturated carbocycles. The number of halogens is 2. The Morgan fingerprint density at radius 3 is 2.82 bits per heavy atom. The summed E-state index contributed by atoms with van der Waals surface area (Å²) in [6.45, 7) is -0.0506. The zero-order valence-electron chi connectivity index (χ0n) is 18.0. The maximum atomic E-state index is 15.0. The average molecular weight is 487 g/mol. The molecular weight excluding hydrogens is 466 g/mol. The van der Waals surface area contributed by atoms with E-state index in [0.717, 1.165) is 18.6 Å². The van der Waals surface area contributed by atoms with Gasteiger partial charge in [0.1, 0.15) is 5.75 Å². The quantitative estimate of drug-likeness (QED) is 0.467. The van der Waals surface area contributed by atoms with Gasteiger partial charge in [0.2, 0.25) is 5.88 Å². The first-order chi connectivity index (χ1) is 16.5. The largest absolute Gasteiger partial charge is 0.434 e. The second kappa shape index (κ2) is 9.03. The molecule has 3 heterocycles. The van der Waals surface area contributed by atoms with E-state index in [2.05, 4.69) is 24.6 Å². The fraction of sp³-hybridized carbons (Fsp3) is 0.273. The van der Waals surface area contributed by atoms with Gasteiger partial charge < -0.3 is 9.47 Å². The molecule has 3 aromatic rings. The predicted molar refractivity (Wildman–Crippen MR) is 120 cm³/mol. The number of nitrogens with zero attached hydrogens (tertiary/aromatic N) is 4. The van der Waals surface area contributed by atoms with Crippen LogP contribution < -0.4 is 18.9 Å². The van der Waals surface area contributed by atoms with Gasteiger partial charge in [-0.25, -0.2) is 23.3 Å². The second-order valence-electron chi connectivity index (χ2n) is 7.82. The van der Waals surface area contributed by atoms with Crippen molar-refractivity contribution in [1.82, 2.24) is 24.8 Å². The van der Waals surface area contributed by atoms with E-state index in [1.165, 1.54) is 41.6 Å². The first-order valence-electron chi connectivity index (χ1n) is 10.5. The minimum Gasteiger partial charge on any atom is -0.434 e. The molecule has 1 amide bonds. The van der Waals surface area contributed by atoms with E-state index in [9.17, 15) is 4.79 Å². The van der Waals surface area contributed by atoms with Crippen molar-refractivity contribution in [3.8, 4) is 17.4 Å². The summed E-state index contributed by atoms with van der Waals surface area (Å²) in [5, 5.41) is 7.49. The maximum absolute atomic E-state index is 15.0. The number of fused-ring (bicyclic) bond motifs is 2. The number of pyridine rings is 1. The molecule has 1 aliphatic carbocycles.